The van der Waals surface area contributed by atoms with Crippen molar-refractivity contribution in [3.63, 3.8) is 0 Å². The largest absolute Gasteiger partial charge is 0.487 e. The maximum Gasteiger partial charge on any atom is 0.410 e. The zero-order valence-electron chi connectivity index (χ0n) is 22.0. The van der Waals surface area contributed by atoms with Gasteiger partial charge < -0.3 is 18.9 Å². The van der Waals surface area contributed by atoms with Crippen molar-refractivity contribution in [2.75, 3.05) is 13.1 Å². The smallest absolute Gasteiger partial charge is 0.410 e. The summed E-state index contributed by atoms with van der Waals surface area (Å²) in [6.07, 6.45) is 4.00. The molecular formula is C29H31FN4O4. The Bertz CT molecular complexity index is 1550. The third-order valence-electron chi connectivity index (χ3n) is 6.67. The summed E-state index contributed by atoms with van der Waals surface area (Å²) < 4.78 is 28.0. The topological polar surface area (TPSA) is 78.6 Å². The van der Waals surface area contributed by atoms with Gasteiger partial charge in [0.05, 0.1) is 23.1 Å². The molecule has 4 heterocycles. The molecule has 0 saturated heterocycles. The number of hydrogen-bond acceptors (Lipinski definition) is 5. The molecule has 0 spiro atoms. The van der Waals surface area contributed by atoms with Crippen LogP contribution in [0.5, 0.6) is 5.75 Å². The van der Waals surface area contributed by atoms with Crippen LogP contribution in [0.1, 0.15) is 37.7 Å². The number of pyridine rings is 2. The first kappa shape index (κ1) is 25.5. The van der Waals surface area contributed by atoms with E-state index in [4.69, 9.17) is 9.47 Å². The minimum Gasteiger partial charge on any atom is -0.487 e. The average Bonchev–Trinajstić information content (AvgIpc) is 3.00. The van der Waals surface area contributed by atoms with Crippen molar-refractivity contribution in [1.82, 2.24) is 19.0 Å². The van der Waals surface area contributed by atoms with Crippen LogP contribution < -0.4 is 10.3 Å². The summed E-state index contributed by atoms with van der Waals surface area (Å²) in [7, 11) is 2.03. The predicted molar refractivity (Wildman–Crippen MR) is 142 cm³/mol. The number of halogens is 1. The summed E-state index contributed by atoms with van der Waals surface area (Å²) in [4.78, 5) is 31.3. The molecule has 1 amide bonds. The highest BCUT2D eigenvalue weighted by Crippen LogP contribution is 2.30. The third-order valence-corrected chi connectivity index (χ3v) is 6.67. The number of aromatic nitrogens is 3. The molecule has 1 aromatic carbocycles. The summed E-state index contributed by atoms with van der Waals surface area (Å²) in [5.74, 6) is 0.00398. The number of nitrogens with zero attached hydrogens (tertiary/aromatic N) is 4. The lowest BCUT2D eigenvalue weighted by molar-refractivity contribution is 0.0258. The van der Waals surface area contributed by atoms with E-state index in [2.05, 4.69) is 9.55 Å². The second-order valence-corrected chi connectivity index (χ2v) is 10.5. The van der Waals surface area contributed by atoms with Crippen molar-refractivity contribution < 1.29 is 18.7 Å². The van der Waals surface area contributed by atoms with Crippen molar-refractivity contribution in [1.29, 1.82) is 0 Å². The van der Waals surface area contributed by atoms with Crippen molar-refractivity contribution in [2.45, 2.75) is 45.8 Å². The minimum atomic E-state index is -0.526. The fraction of sp³-hybridized carbons (Fsp3) is 0.345. The molecule has 0 fully saturated rings. The molecule has 4 aromatic rings. The van der Waals surface area contributed by atoms with Gasteiger partial charge in [-0.15, -0.1) is 0 Å². The quantitative estimate of drug-likeness (QED) is 0.389. The molecule has 0 aliphatic carbocycles. The molecule has 0 unspecified atom stereocenters. The number of carbonyl (C=O) groups excluding carboxylic acids is 1. The van der Waals surface area contributed by atoms with E-state index in [0.717, 1.165) is 35.6 Å². The molecule has 8 nitrogen and oxygen atoms in total. The molecule has 0 saturated carbocycles. The van der Waals surface area contributed by atoms with Crippen LogP contribution in [0, 0.1) is 5.82 Å². The van der Waals surface area contributed by atoms with E-state index in [0.29, 0.717) is 24.5 Å². The van der Waals surface area contributed by atoms with Gasteiger partial charge in [0.1, 0.15) is 23.8 Å². The molecule has 9 heteroatoms. The fourth-order valence-corrected chi connectivity index (χ4v) is 4.82. The van der Waals surface area contributed by atoms with E-state index in [1.165, 1.54) is 23.4 Å². The maximum absolute atomic E-state index is 13.0. The molecule has 0 bridgehead atoms. The second kappa shape index (κ2) is 9.96. The molecule has 3 aromatic heterocycles. The number of ether oxygens (including phenoxy) is 2. The van der Waals surface area contributed by atoms with Crippen LogP contribution in [0.4, 0.5) is 9.18 Å². The lowest BCUT2D eigenvalue weighted by Crippen LogP contribution is -2.38. The maximum atomic E-state index is 13.0. The van der Waals surface area contributed by atoms with E-state index in [9.17, 15) is 14.0 Å². The molecule has 5 rings (SSSR count). The summed E-state index contributed by atoms with van der Waals surface area (Å²) in [6, 6.07) is 12.0. The van der Waals surface area contributed by atoms with Crippen LogP contribution in [-0.4, -0.2) is 43.8 Å². The van der Waals surface area contributed by atoms with Gasteiger partial charge in [-0.2, -0.15) is 0 Å². The molecule has 0 radical (unpaired) electrons. The summed E-state index contributed by atoms with van der Waals surface area (Å²) in [5, 5.41) is 1.12. The van der Waals surface area contributed by atoms with Crippen LogP contribution in [0.25, 0.3) is 16.6 Å². The van der Waals surface area contributed by atoms with Crippen molar-refractivity contribution in [3.05, 3.63) is 88.0 Å². The standard InChI is InChI=1S/C29H31FN4O4/c1-29(2,3)38-28(36)33-12-10-24-23-8-7-21(15-26(23)32(4)25(24)11-13-33)34-14-9-22(16-27(34)35)37-18-20-6-5-19(30)17-31-20/h5-9,14-17H,10-13,18H2,1-4H3. The van der Waals surface area contributed by atoms with E-state index in [-0.39, 0.29) is 18.3 Å². The van der Waals surface area contributed by atoms with E-state index < -0.39 is 11.4 Å². The van der Waals surface area contributed by atoms with Crippen molar-refractivity contribution >= 4 is 17.0 Å². The Balaban J connectivity index is 1.35. The molecule has 0 N–H and O–H groups in total. The third kappa shape index (κ3) is 5.27. The molecule has 38 heavy (non-hydrogen) atoms. The van der Waals surface area contributed by atoms with Gasteiger partial charge >= 0.3 is 6.09 Å². The van der Waals surface area contributed by atoms with Crippen LogP contribution in [0.3, 0.4) is 0 Å². The number of rotatable bonds is 4. The van der Waals surface area contributed by atoms with Gasteiger partial charge in [0.15, 0.2) is 0 Å². The second-order valence-electron chi connectivity index (χ2n) is 10.5. The van der Waals surface area contributed by atoms with Gasteiger partial charge in [-0.25, -0.2) is 9.18 Å². The number of benzene rings is 1. The van der Waals surface area contributed by atoms with Crippen LogP contribution >= 0.6 is 0 Å². The number of fused-ring (bicyclic) bond motifs is 3. The lowest BCUT2D eigenvalue weighted by Gasteiger charge is -2.26. The molecule has 0 atom stereocenters. The zero-order chi connectivity index (χ0) is 27.0. The van der Waals surface area contributed by atoms with Crippen LogP contribution in [-0.2, 0) is 31.2 Å². The number of hydrogen-bond donors (Lipinski definition) is 0. The van der Waals surface area contributed by atoms with E-state index in [1.54, 1.807) is 27.8 Å². The van der Waals surface area contributed by atoms with Gasteiger partial charge in [-0.05, 0) is 63.1 Å². The van der Waals surface area contributed by atoms with Gasteiger partial charge in [0, 0.05) is 49.9 Å². The predicted octanol–water partition coefficient (Wildman–Crippen LogP) is 4.78. The summed E-state index contributed by atoms with van der Waals surface area (Å²) >= 11 is 0. The molecule has 1 aliphatic rings. The first-order valence-corrected chi connectivity index (χ1v) is 12.6. The summed E-state index contributed by atoms with van der Waals surface area (Å²) in [6.45, 7) is 6.94. The number of aryl methyl sites for hydroxylation is 1. The fourth-order valence-electron chi connectivity index (χ4n) is 4.82. The molecule has 1 aliphatic heterocycles. The monoisotopic (exact) mass is 518 g/mol. The van der Waals surface area contributed by atoms with Gasteiger partial charge in [-0.1, -0.05) is 6.07 Å². The Morgan fingerprint density at radius 3 is 2.58 bits per heavy atom. The van der Waals surface area contributed by atoms with Crippen LogP contribution in [0.2, 0.25) is 0 Å². The number of carbonyl (C=O) groups is 1. The Hall–Kier alpha value is -4.14. The minimum absolute atomic E-state index is 0.135. The highest BCUT2D eigenvalue weighted by molar-refractivity contribution is 5.87. The zero-order valence-corrected chi connectivity index (χ0v) is 22.0. The van der Waals surface area contributed by atoms with E-state index >= 15 is 0 Å². The summed E-state index contributed by atoms with van der Waals surface area (Å²) in [5.41, 5.74) is 4.02. The van der Waals surface area contributed by atoms with Crippen molar-refractivity contribution in [3.8, 4) is 11.4 Å². The van der Waals surface area contributed by atoms with Crippen molar-refractivity contribution in [2.24, 2.45) is 7.05 Å². The normalized spacial score (nSPS) is 13.8. The first-order valence-electron chi connectivity index (χ1n) is 12.6. The van der Waals surface area contributed by atoms with Gasteiger partial charge in [0.25, 0.3) is 5.56 Å². The Morgan fingerprint density at radius 2 is 1.87 bits per heavy atom. The highest BCUT2D eigenvalue weighted by Gasteiger charge is 2.26. The van der Waals surface area contributed by atoms with Gasteiger partial charge in [-0.3, -0.25) is 14.3 Å². The Labute approximate surface area is 220 Å². The molecular weight excluding hydrogens is 487 g/mol. The lowest BCUT2D eigenvalue weighted by atomic mass is 10.1. The van der Waals surface area contributed by atoms with Crippen LogP contribution in [0.15, 0.2) is 59.7 Å². The number of amides is 1. The van der Waals surface area contributed by atoms with Gasteiger partial charge in [0.2, 0.25) is 0 Å². The molecule has 198 valence electrons. The highest BCUT2D eigenvalue weighted by atomic mass is 19.1. The Kier molecular flexibility index (Phi) is 6.69. The SMILES string of the molecule is Cn1c2c(c3ccc(-n4ccc(OCc5ccc(F)cn5)cc4=O)cc31)CCN(C(=O)OC(C)(C)C)CC2. The first-order chi connectivity index (χ1) is 18.1. The van der Waals surface area contributed by atoms with E-state index in [1.807, 2.05) is 46.0 Å². The average molecular weight is 519 g/mol. The Morgan fingerprint density at radius 1 is 1.08 bits per heavy atom.